The first-order valence-electron chi connectivity index (χ1n) is 7.72. The lowest BCUT2D eigenvalue weighted by Gasteiger charge is -2.15. The normalized spacial score (nSPS) is 10.7. The maximum absolute atomic E-state index is 4.48. The van der Waals surface area contributed by atoms with Crippen molar-refractivity contribution in [1.29, 1.82) is 0 Å². The summed E-state index contributed by atoms with van der Waals surface area (Å²) in [6, 6.07) is 10.2. The number of anilines is 2. The van der Waals surface area contributed by atoms with Gasteiger partial charge in [-0.05, 0) is 5.56 Å². The minimum atomic E-state index is 0.446. The average molecular weight is 356 g/mol. The van der Waals surface area contributed by atoms with Gasteiger partial charge in [0.2, 0.25) is 17.1 Å². The van der Waals surface area contributed by atoms with E-state index in [-0.39, 0.29) is 0 Å². The second-order valence-corrected chi connectivity index (χ2v) is 6.71. The second-order valence-electron chi connectivity index (χ2n) is 5.77. The van der Waals surface area contributed by atoms with E-state index in [1.165, 1.54) is 5.56 Å². The number of hydrogen-bond acceptors (Lipinski definition) is 8. The Morgan fingerprint density at radius 1 is 0.920 bits per heavy atom. The molecule has 0 atom stereocenters. The van der Waals surface area contributed by atoms with Gasteiger partial charge < -0.3 is 9.80 Å². The van der Waals surface area contributed by atoms with Crippen LogP contribution in [0.5, 0.6) is 0 Å². The molecule has 0 spiro atoms. The van der Waals surface area contributed by atoms with Crippen molar-refractivity contribution >= 4 is 23.7 Å². The quantitative estimate of drug-likeness (QED) is 0.620. The summed E-state index contributed by atoms with van der Waals surface area (Å²) in [5.74, 6) is 2.40. The molecular formula is C16H20N8S. The third-order valence-corrected chi connectivity index (χ3v) is 4.21. The van der Waals surface area contributed by atoms with Crippen LogP contribution in [-0.2, 0) is 5.75 Å². The molecule has 25 heavy (non-hydrogen) atoms. The molecule has 0 amide bonds. The van der Waals surface area contributed by atoms with Gasteiger partial charge in [-0.3, -0.25) is 0 Å². The van der Waals surface area contributed by atoms with Gasteiger partial charge in [0, 0.05) is 33.9 Å². The van der Waals surface area contributed by atoms with Gasteiger partial charge >= 0.3 is 0 Å². The molecule has 3 aromatic rings. The van der Waals surface area contributed by atoms with Crippen LogP contribution >= 0.6 is 11.8 Å². The van der Waals surface area contributed by atoms with Crippen molar-refractivity contribution in [2.45, 2.75) is 10.9 Å². The second kappa shape index (κ2) is 7.47. The van der Waals surface area contributed by atoms with Crippen LogP contribution in [0.3, 0.4) is 0 Å². The zero-order valence-corrected chi connectivity index (χ0v) is 15.5. The molecule has 130 valence electrons. The smallest absolute Gasteiger partial charge is 0.258 e. The number of benzene rings is 1. The molecule has 0 unspecified atom stereocenters. The SMILES string of the molecule is CN(C)c1nc(N(C)C)nc(-n2cnc(SCc3ccccc3)n2)n1. The minimum Gasteiger partial charge on any atom is -0.347 e. The van der Waals surface area contributed by atoms with Crippen molar-refractivity contribution in [3.05, 3.63) is 42.2 Å². The van der Waals surface area contributed by atoms with Crippen molar-refractivity contribution in [3.63, 3.8) is 0 Å². The number of rotatable bonds is 6. The predicted octanol–water partition coefficient (Wildman–Crippen LogP) is 1.88. The summed E-state index contributed by atoms with van der Waals surface area (Å²) < 4.78 is 1.58. The lowest BCUT2D eigenvalue weighted by molar-refractivity contribution is 0.759. The fourth-order valence-corrected chi connectivity index (χ4v) is 2.73. The lowest BCUT2D eigenvalue weighted by atomic mass is 10.2. The molecule has 0 saturated heterocycles. The van der Waals surface area contributed by atoms with Crippen LogP contribution in [0, 0.1) is 0 Å². The zero-order valence-electron chi connectivity index (χ0n) is 14.7. The van der Waals surface area contributed by atoms with Gasteiger partial charge in [-0.1, -0.05) is 42.1 Å². The fraction of sp³-hybridized carbons (Fsp3) is 0.312. The molecular weight excluding hydrogens is 336 g/mol. The largest absolute Gasteiger partial charge is 0.347 e. The molecule has 2 aromatic heterocycles. The highest BCUT2D eigenvalue weighted by molar-refractivity contribution is 7.98. The Balaban J connectivity index is 1.81. The highest BCUT2D eigenvalue weighted by Gasteiger charge is 2.13. The van der Waals surface area contributed by atoms with Crippen LogP contribution in [0.25, 0.3) is 5.95 Å². The minimum absolute atomic E-state index is 0.446. The summed E-state index contributed by atoms with van der Waals surface area (Å²) in [5, 5.41) is 5.16. The molecule has 2 heterocycles. The summed E-state index contributed by atoms with van der Waals surface area (Å²) in [4.78, 5) is 21.3. The van der Waals surface area contributed by atoms with Gasteiger partial charge in [-0.15, -0.1) is 5.10 Å². The van der Waals surface area contributed by atoms with E-state index >= 15 is 0 Å². The summed E-state index contributed by atoms with van der Waals surface area (Å²) in [5.41, 5.74) is 1.23. The number of aromatic nitrogens is 6. The van der Waals surface area contributed by atoms with Crippen molar-refractivity contribution in [2.75, 3.05) is 38.0 Å². The van der Waals surface area contributed by atoms with E-state index in [1.54, 1.807) is 22.8 Å². The Morgan fingerprint density at radius 2 is 1.56 bits per heavy atom. The van der Waals surface area contributed by atoms with E-state index in [9.17, 15) is 0 Å². The van der Waals surface area contributed by atoms with Gasteiger partial charge in [0.1, 0.15) is 6.33 Å². The molecule has 0 bridgehead atoms. The summed E-state index contributed by atoms with van der Waals surface area (Å²) in [7, 11) is 7.56. The monoisotopic (exact) mass is 356 g/mol. The maximum Gasteiger partial charge on any atom is 0.258 e. The molecule has 1 aromatic carbocycles. The molecule has 0 aliphatic carbocycles. The Morgan fingerprint density at radius 3 is 2.16 bits per heavy atom. The molecule has 0 aliphatic rings. The Bertz CT molecular complexity index is 805. The summed E-state index contributed by atoms with van der Waals surface area (Å²) in [6.45, 7) is 0. The first kappa shape index (κ1) is 17.2. The van der Waals surface area contributed by atoms with Crippen LogP contribution in [-0.4, -0.2) is 57.9 Å². The third-order valence-electron chi connectivity index (χ3n) is 3.29. The van der Waals surface area contributed by atoms with Crippen molar-refractivity contribution in [3.8, 4) is 5.95 Å². The maximum atomic E-state index is 4.48. The average Bonchev–Trinajstić information content (AvgIpc) is 3.09. The predicted molar refractivity (Wildman–Crippen MR) is 99.4 cm³/mol. The van der Waals surface area contributed by atoms with Crippen LogP contribution < -0.4 is 9.80 Å². The molecule has 0 fully saturated rings. The molecule has 0 saturated carbocycles. The van der Waals surface area contributed by atoms with Crippen molar-refractivity contribution < 1.29 is 0 Å². The van der Waals surface area contributed by atoms with Crippen LogP contribution in [0.15, 0.2) is 41.8 Å². The molecule has 8 nitrogen and oxygen atoms in total. The van der Waals surface area contributed by atoms with Gasteiger partial charge in [-0.2, -0.15) is 19.6 Å². The Hall–Kier alpha value is -2.68. The van der Waals surface area contributed by atoms with E-state index in [0.29, 0.717) is 23.0 Å². The van der Waals surface area contributed by atoms with Crippen molar-refractivity contribution in [2.24, 2.45) is 0 Å². The fourth-order valence-electron chi connectivity index (χ4n) is 1.98. The first-order valence-corrected chi connectivity index (χ1v) is 8.71. The molecule has 0 radical (unpaired) electrons. The zero-order chi connectivity index (χ0) is 17.8. The van der Waals surface area contributed by atoms with E-state index in [4.69, 9.17) is 0 Å². The molecule has 0 N–H and O–H groups in total. The standard InChI is InChI=1S/C16H20N8S/c1-22(2)13-18-14(23(3)4)20-15(19-13)24-11-17-16(21-24)25-10-12-8-6-5-7-9-12/h5-9,11H,10H2,1-4H3. The van der Waals surface area contributed by atoms with Gasteiger partial charge in [0.15, 0.2) is 0 Å². The number of thioether (sulfide) groups is 1. The summed E-state index contributed by atoms with van der Waals surface area (Å²) in [6.07, 6.45) is 1.63. The van der Waals surface area contributed by atoms with E-state index < -0.39 is 0 Å². The first-order chi connectivity index (χ1) is 12.0. The van der Waals surface area contributed by atoms with Gasteiger partial charge in [0.25, 0.3) is 5.95 Å². The lowest BCUT2D eigenvalue weighted by Crippen LogP contribution is -2.20. The van der Waals surface area contributed by atoms with Crippen LogP contribution in [0.2, 0.25) is 0 Å². The van der Waals surface area contributed by atoms with Gasteiger partial charge in [0.05, 0.1) is 0 Å². The molecule has 9 heteroatoms. The van der Waals surface area contributed by atoms with E-state index in [2.05, 4.69) is 37.2 Å². The van der Waals surface area contributed by atoms with Crippen LogP contribution in [0.4, 0.5) is 11.9 Å². The highest BCUT2D eigenvalue weighted by atomic mass is 32.2. The number of hydrogen-bond donors (Lipinski definition) is 0. The molecule has 3 rings (SSSR count). The Kier molecular flexibility index (Phi) is 5.13. The third kappa shape index (κ3) is 4.24. The molecule has 0 aliphatic heterocycles. The summed E-state index contributed by atoms with van der Waals surface area (Å²) >= 11 is 1.57. The van der Waals surface area contributed by atoms with Crippen molar-refractivity contribution in [1.82, 2.24) is 29.7 Å². The topological polar surface area (TPSA) is 75.9 Å². The Labute approximate surface area is 150 Å². The van der Waals surface area contributed by atoms with E-state index in [1.807, 2.05) is 56.2 Å². The number of nitrogens with zero attached hydrogens (tertiary/aromatic N) is 8. The highest BCUT2D eigenvalue weighted by Crippen LogP contribution is 2.19. The van der Waals surface area contributed by atoms with E-state index in [0.717, 1.165) is 5.75 Å². The van der Waals surface area contributed by atoms with Crippen LogP contribution in [0.1, 0.15) is 5.56 Å². The van der Waals surface area contributed by atoms with Gasteiger partial charge in [-0.25, -0.2) is 4.98 Å².